The van der Waals surface area contributed by atoms with Gasteiger partial charge in [0.1, 0.15) is 0 Å². The number of carbonyl (C=O) groups excluding carboxylic acids is 1. The Hall–Kier alpha value is -1.06. The van der Waals surface area contributed by atoms with Gasteiger partial charge in [0, 0.05) is 13.1 Å². The highest BCUT2D eigenvalue weighted by molar-refractivity contribution is 5.85. The van der Waals surface area contributed by atoms with Crippen molar-refractivity contribution < 1.29 is 14.7 Å². The summed E-state index contributed by atoms with van der Waals surface area (Å²) >= 11 is 0. The number of nitrogens with zero attached hydrogens (tertiary/aromatic N) is 1. The maximum atomic E-state index is 12.5. The molecule has 2 rings (SSSR count). The maximum absolute atomic E-state index is 12.5. The normalized spacial score (nSPS) is 32.1. The molecule has 0 radical (unpaired) electrons. The van der Waals surface area contributed by atoms with Crippen LogP contribution in [0.15, 0.2) is 0 Å². The van der Waals surface area contributed by atoms with Crippen LogP contribution in [0.3, 0.4) is 0 Å². The second kappa shape index (κ2) is 6.40. The van der Waals surface area contributed by atoms with Gasteiger partial charge in [0.2, 0.25) is 5.91 Å². The molecule has 1 aliphatic heterocycles. The van der Waals surface area contributed by atoms with Crippen LogP contribution < -0.4 is 0 Å². The Bertz CT molecular complexity index is 342. The lowest BCUT2D eigenvalue weighted by atomic mass is 9.94. The number of aliphatic carboxylic acids is 1. The molecule has 1 N–H and O–H groups in total. The Balaban J connectivity index is 1.97. The Labute approximate surface area is 115 Å². The molecule has 0 aromatic rings. The van der Waals surface area contributed by atoms with Gasteiger partial charge in [-0.15, -0.1) is 0 Å². The molecule has 2 aliphatic rings. The Morgan fingerprint density at radius 1 is 1.05 bits per heavy atom. The van der Waals surface area contributed by atoms with Crippen LogP contribution in [0, 0.1) is 17.8 Å². The molecule has 1 aliphatic carbocycles. The van der Waals surface area contributed by atoms with Crippen molar-refractivity contribution >= 4 is 11.9 Å². The van der Waals surface area contributed by atoms with Gasteiger partial charge in [-0.1, -0.05) is 19.8 Å². The molecule has 3 unspecified atom stereocenters. The summed E-state index contributed by atoms with van der Waals surface area (Å²) in [6.07, 6.45) is 6.82. The lowest BCUT2D eigenvalue weighted by Crippen LogP contribution is -2.39. The number of rotatable bonds is 3. The van der Waals surface area contributed by atoms with Crippen molar-refractivity contribution in [1.29, 1.82) is 0 Å². The van der Waals surface area contributed by atoms with Gasteiger partial charge in [-0.2, -0.15) is 0 Å². The van der Waals surface area contributed by atoms with E-state index in [0.29, 0.717) is 6.42 Å². The third kappa shape index (κ3) is 3.28. The van der Waals surface area contributed by atoms with E-state index in [-0.39, 0.29) is 11.8 Å². The van der Waals surface area contributed by atoms with Gasteiger partial charge in [0.25, 0.3) is 0 Å². The molecule has 1 heterocycles. The number of carboxylic acid groups (broad SMARTS) is 1. The zero-order valence-corrected chi connectivity index (χ0v) is 11.8. The first kappa shape index (κ1) is 14.4. The van der Waals surface area contributed by atoms with Crippen LogP contribution in [-0.4, -0.2) is 35.0 Å². The van der Waals surface area contributed by atoms with Gasteiger partial charge in [0.05, 0.1) is 11.8 Å². The smallest absolute Gasteiger partial charge is 0.307 e. The van der Waals surface area contributed by atoms with Crippen molar-refractivity contribution in [3.63, 3.8) is 0 Å². The molecular formula is C15H25NO3. The summed E-state index contributed by atoms with van der Waals surface area (Å²) in [5, 5.41) is 9.20. The number of hydrogen-bond donors (Lipinski definition) is 1. The fourth-order valence-corrected chi connectivity index (χ4v) is 3.58. The highest BCUT2D eigenvalue weighted by atomic mass is 16.4. The third-order valence-corrected chi connectivity index (χ3v) is 4.89. The molecule has 3 atom stereocenters. The number of hydrogen-bond acceptors (Lipinski definition) is 2. The van der Waals surface area contributed by atoms with Gasteiger partial charge >= 0.3 is 5.97 Å². The van der Waals surface area contributed by atoms with E-state index in [1.54, 1.807) is 0 Å². The van der Waals surface area contributed by atoms with E-state index in [1.807, 2.05) is 4.90 Å². The molecule has 108 valence electrons. The second-order valence-electron chi connectivity index (χ2n) is 6.01. The van der Waals surface area contributed by atoms with E-state index in [4.69, 9.17) is 0 Å². The van der Waals surface area contributed by atoms with Crippen LogP contribution >= 0.6 is 0 Å². The Kier molecular flexibility index (Phi) is 4.83. The minimum atomic E-state index is -0.794. The quantitative estimate of drug-likeness (QED) is 0.855. The maximum Gasteiger partial charge on any atom is 0.307 e. The average molecular weight is 267 g/mol. The van der Waals surface area contributed by atoms with Crippen molar-refractivity contribution in [2.45, 2.75) is 51.9 Å². The lowest BCUT2D eigenvalue weighted by molar-refractivity contribution is -0.149. The molecule has 0 bridgehead atoms. The van der Waals surface area contributed by atoms with Gasteiger partial charge in [0.15, 0.2) is 0 Å². The topological polar surface area (TPSA) is 57.6 Å². The SMILES string of the molecule is CCC1CCCN(C(=O)C2CCCC2C(=O)O)CC1. The number of amides is 1. The van der Waals surface area contributed by atoms with E-state index in [1.165, 1.54) is 12.8 Å². The monoisotopic (exact) mass is 267 g/mol. The minimum absolute atomic E-state index is 0.0988. The molecule has 2 fully saturated rings. The number of carbonyl (C=O) groups is 2. The predicted octanol–water partition coefficient (Wildman–Crippen LogP) is 2.53. The summed E-state index contributed by atoms with van der Waals surface area (Å²) in [7, 11) is 0. The first-order valence-electron chi connectivity index (χ1n) is 7.65. The van der Waals surface area contributed by atoms with E-state index >= 15 is 0 Å². The van der Waals surface area contributed by atoms with Crippen molar-refractivity contribution in [2.24, 2.45) is 17.8 Å². The zero-order valence-electron chi connectivity index (χ0n) is 11.8. The summed E-state index contributed by atoms with van der Waals surface area (Å²) < 4.78 is 0. The van der Waals surface area contributed by atoms with Crippen LogP contribution in [0.4, 0.5) is 0 Å². The fraction of sp³-hybridized carbons (Fsp3) is 0.867. The molecule has 0 spiro atoms. The fourth-order valence-electron chi connectivity index (χ4n) is 3.58. The van der Waals surface area contributed by atoms with Gasteiger partial charge in [-0.3, -0.25) is 9.59 Å². The third-order valence-electron chi connectivity index (χ3n) is 4.89. The van der Waals surface area contributed by atoms with E-state index < -0.39 is 11.9 Å². The van der Waals surface area contributed by atoms with Gasteiger partial charge < -0.3 is 10.0 Å². The van der Waals surface area contributed by atoms with Crippen molar-refractivity contribution in [2.75, 3.05) is 13.1 Å². The van der Waals surface area contributed by atoms with Crippen LogP contribution in [-0.2, 0) is 9.59 Å². The average Bonchev–Trinajstić information content (AvgIpc) is 2.76. The first-order valence-corrected chi connectivity index (χ1v) is 7.65. The minimum Gasteiger partial charge on any atom is -0.481 e. The second-order valence-corrected chi connectivity index (χ2v) is 6.01. The van der Waals surface area contributed by atoms with Crippen LogP contribution in [0.5, 0.6) is 0 Å². The molecule has 1 saturated carbocycles. The van der Waals surface area contributed by atoms with Crippen LogP contribution in [0.25, 0.3) is 0 Å². The number of likely N-dealkylation sites (tertiary alicyclic amines) is 1. The predicted molar refractivity (Wildman–Crippen MR) is 72.7 cm³/mol. The largest absolute Gasteiger partial charge is 0.481 e. The summed E-state index contributed by atoms with van der Waals surface area (Å²) in [6.45, 7) is 3.85. The molecule has 0 aromatic heterocycles. The number of carboxylic acids is 1. The molecular weight excluding hydrogens is 242 g/mol. The summed E-state index contributed by atoms with van der Waals surface area (Å²) in [6, 6.07) is 0. The molecule has 1 saturated heterocycles. The highest BCUT2D eigenvalue weighted by Crippen LogP contribution is 2.34. The molecule has 1 amide bonds. The van der Waals surface area contributed by atoms with Crippen LogP contribution in [0.1, 0.15) is 51.9 Å². The van der Waals surface area contributed by atoms with Gasteiger partial charge in [-0.05, 0) is 38.0 Å². The summed E-state index contributed by atoms with van der Waals surface area (Å²) in [5.41, 5.74) is 0. The molecule has 19 heavy (non-hydrogen) atoms. The molecule has 4 nitrogen and oxygen atoms in total. The van der Waals surface area contributed by atoms with Crippen molar-refractivity contribution in [3.05, 3.63) is 0 Å². The first-order chi connectivity index (χ1) is 9.13. The zero-order chi connectivity index (χ0) is 13.8. The highest BCUT2D eigenvalue weighted by Gasteiger charge is 2.39. The van der Waals surface area contributed by atoms with Gasteiger partial charge in [-0.25, -0.2) is 0 Å². The van der Waals surface area contributed by atoms with E-state index in [9.17, 15) is 14.7 Å². The molecule has 0 aromatic carbocycles. The van der Waals surface area contributed by atoms with Crippen molar-refractivity contribution in [1.82, 2.24) is 4.90 Å². The Morgan fingerprint density at radius 2 is 1.79 bits per heavy atom. The summed E-state index contributed by atoms with van der Waals surface area (Å²) in [5.74, 6) is -0.677. The van der Waals surface area contributed by atoms with Crippen molar-refractivity contribution in [3.8, 4) is 0 Å². The standard InChI is InChI=1S/C15H25NO3/c1-2-11-5-4-9-16(10-8-11)14(17)12-6-3-7-13(12)15(18)19/h11-13H,2-10H2,1H3,(H,18,19). The Morgan fingerprint density at radius 3 is 2.47 bits per heavy atom. The van der Waals surface area contributed by atoms with E-state index in [0.717, 1.165) is 44.7 Å². The summed E-state index contributed by atoms with van der Waals surface area (Å²) in [4.78, 5) is 25.7. The van der Waals surface area contributed by atoms with Crippen LogP contribution in [0.2, 0.25) is 0 Å². The lowest BCUT2D eigenvalue weighted by Gasteiger charge is -2.26. The van der Waals surface area contributed by atoms with E-state index in [2.05, 4.69) is 6.92 Å². The molecule has 4 heteroatoms.